The average Bonchev–Trinajstić information content (AvgIpc) is 3.01. The summed E-state index contributed by atoms with van der Waals surface area (Å²) in [5.41, 5.74) is 3.43. The second-order valence-corrected chi connectivity index (χ2v) is 7.84. The van der Waals surface area contributed by atoms with Crippen molar-refractivity contribution in [2.75, 3.05) is 24.5 Å². The second kappa shape index (κ2) is 8.68. The summed E-state index contributed by atoms with van der Waals surface area (Å²) in [6.45, 7) is 4.35. The maximum Gasteiger partial charge on any atom is 0.257 e. The number of hydrogen-bond acceptors (Lipinski definition) is 3. The first-order valence-electron chi connectivity index (χ1n) is 10.7. The molecule has 0 aliphatic carbocycles. The number of benzene rings is 2. The Labute approximate surface area is 172 Å². The molecule has 0 saturated carbocycles. The molecule has 2 aliphatic heterocycles. The first-order valence-corrected chi connectivity index (χ1v) is 10.7. The number of anilines is 1. The smallest absolute Gasteiger partial charge is 0.257 e. The van der Waals surface area contributed by atoms with Crippen LogP contribution in [0.4, 0.5) is 5.69 Å². The molecule has 2 aromatic rings. The minimum absolute atomic E-state index is 0.0875. The molecule has 0 aromatic heterocycles. The van der Waals surface area contributed by atoms with Crippen LogP contribution in [0.2, 0.25) is 0 Å². The fourth-order valence-corrected chi connectivity index (χ4v) is 4.51. The lowest BCUT2D eigenvalue weighted by atomic mass is 10.0. The third kappa shape index (κ3) is 4.00. The van der Waals surface area contributed by atoms with Crippen molar-refractivity contribution in [3.63, 3.8) is 0 Å². The standard InChI is InChI=1S/C24H29N3O2/c1-2-26-21-17-19(23(28)25-15-14-18-9-5-3-6-10-18)12-13-20(21)24(29)27-16-8-4-7-11-22(26)27/h3,5-6,9-10,12-13,17,22H,2,4,7-8,11,14-16H2,1H3,(H,25,28). The molecule has 5 heteroatoms. The maximum atomic E-state index is 13.1. The lowest BCUT2D eigenvalue weighted by molar-refractivity contribution is 0.0656. The Bertz CT molecular complexity index is 881. The lowest BCUT2D eigenvalue weighted by Crippen LogP contribution is -2.55. The van der Waals surface area contributed by atoms with E-state index >= 15 is 0 Å². The third-order valence-corrected chi connectivity index (χ3v) is 6.02. The first-order chi connectivity index (χ1) is 14.2. The van der Waals surface area contributed by atoms with E-state index < -0.39 is 0 Å². The molecule has 1 unspecified atom stereocenters. The van der Waals surface area contributed by atoms with Gasteiger partial charge in [-0.3, -0.25) is 9.59 Å². The van der Waals surface area contributed by atoms with Gasteiger partial charge in [-0.25, -0.2) is 0 Å². The molecule has 0 radical (unpaired) electrons. The van der Waals surface area contributed by atoms with Gasteiger partial charge in [-0.1, -0.05) is 36.8 Å². The van der Waals surface area contributed by atoms with Gasteiger partial charge in [0.1, 0.15) is 6.17 Å². The van der Waals surface area contributed by atoms with Crippen molar-refractivity contribution in [2.45, 2.75) is 45.2 Å². The molecule has 4 rings (SSSR count). The molecule has 2 aliphatic rings. The Morgan fingerprint density at radius 1 is 1.10 bits per heavy atom. The van der Waals surface area contributed by atoms with Crippen LogP contribution in [0, 0.1) is 0 Å². The summed E-state index contributed by atoms with van der Waals surface area (Å²) in [6.07, 6.45) is 5.28. The van der Waals surface area contributed by atoms with Crippen LogP contribution in [0.1, 0.15) is 58.9 Å². The topological polar surface area (TPSA) is 52.7 Å². The van der Waals surface area contributed by atoms with E-state index in [1.54, 1.807) is 6.07 Å². The van der Waals surface area contributed by atoms with Crippen LogP contribution in [-0.2, 0) is 6.42 Å². The predicted octanol–water partition coefficient (Wildman–Crippen LogP) is 3.84. The summed E-state index contributed by atoms with van der Waals surface area (Å²) < 4.78 is 0. The Morgan fingerprint density at radius 2 is 1.93 bits per heavy atom. The number of hydrogen-bond donors (Lipinski definition) is 1. The first kappa shape index (κ1) is 19.5. The van der Waals surface area contributed by atoms with Crippen molar-refractivity contribution >= 4 is 17.5 Å². The summed E-state index contributed by atoms with van der Waals surface area (Å²) in [6, 6.07) is 15.6. The van der Waals surface area contributed by atoms with Crippen molar-refractivity contribution in [1.29, 1.82) is 0 Å². The summed E-state index contributed by atoms with van der Waals surface area (Å²) >= 11 is 0. The zero-order chi connectivity index (χ0) is 20.2. The van der Waals surface area contributed by atoms with Gasteiger partial charge in [0.15, 0.2) is 0 Å². The molecule has 2 aromatic carbocycles. The minimum Gasteiger partial charge on any atom is -0.352 e. The fraction of sp³-hybridized carbons (Fsp3) is 0.417. The quantitative estimate of drug-likeness (QED) is 0.843. The van der Waals surface area contributed by atoms with Crippen LogP contribution in [0.3, 0.4) is 0 Å². The van der Waals surface area contributed by atoms with Crippen molar-refractivity contribution in [3.8, 4) is 0 Å². The van der Waals surface area contributed by atoms with E-state index in [2.05, 4.69) is 29.3 Å². The molecule has 0 spiro atoms. The Balaban J connectivity index is 1.52. The molecule has 1 N–H and O–H groups in total. The highest BCUT2D eigenvalue weighted by Crippen LogP contribution is 2.35. The zero-order valence-electron chi connectivity index (χ0n) is 17.1. The van der Waals surface area contributed by atoms with Gasteiger partial charge in [-0.2, -0.15) is 0 Å². The van der Waals surface area contributed by atoms with Crippen LogP contribution in [-0.4, -0.2) is 42.5 Å². The molecule has 2 heterocycles. The molecule has 5 nitrogen and oxygen atoms in total. The number of carbonyl (C=O) groups excluding carboxylic acids is 2. The number of fused-ring (bicyclic) bond motifs is 2. The highest BCUT2D eigenvalue weighted by molar-refractivity contribution is 6.04. The van der Waals surface area contributed by atoms with E-state index in [1.165, 1.54) is 12.0 Å². The highest BCUT2D eigenvalue weighted by Gasteiger charge is 2.37. The van der Waals surface area contributed by atoms with E-state index in [-0.39, 0.29) is 18.0 Å². The van der Waals surface area contributed by atoms with Crippen LogP contribution in [0.25, 0.3) is 0 Å². The van der Waals surface area contributed by atoms with Crippen molar-refractivity contribution in [3.05, 3.63) is 65.2 Å². The molecule has 1 fully saturated rings. The van der Waals surface area contributed by atoms with E-state index in [0.29, 0.717) is 17.7 Å². The monoisotopic (exact) mass is 391 g/mol. The average molecular weight is 392 g/mol. The minimum atomic E-state index is -0.0875. The van der Waals surface area contributed by atoms with Crippen LogP contribution in [0.15, 0.2) is 48.5 Å². The van der Waals surface area contributed by atoms with Crippen molar-refractivity contribution in [2.24, 2.45) is 0 Å². The highest BCUT2D eigenvalue weighted by atomic mass is 16.2. The summed E-state index contributed by atoms with van der Waals surface area (Å²) in [7, 11) is 0. The van der Waals surface area contributed by atoms with Gasteiger partial charge in [-0.15, -0.1) is 0 Å². The normalized spacial score (nSPS) is 18.7. The second-order valence-electron chi connectivity index (χ2n) is 7.84. The van der Waals surface area contributed by atoms with Crippen LogP contribution in [0.5, 0.6) is 0 Å². The lowest BCUT2D eigenvalue weighted by Gasteiger charge is -2.44. The van der Waals surface area contributed by atoms with Gasteiger partial charge >= 0.3 is 0 Å². The fourth-order valence-electron chi connectivity index (χ4n) is 4.51. The van der Waals surface area contributed by atoms with E-state index in [9.17, 15) is 9.59 Å². The summed E-state index contributed by atoms with van der Waals surface area (Å²) in [5.74, 6) is 0.0168. The SMILES string of the molecule is CCN1c2cc(C(=O)NCCc3ccccc3)ccc2C(=O)N2CCCCCC21. The molecule has 0 bridgehead atoms. The predicted molar refractivity (Wildman–Crippen MR) is 115 cm³/mol. The van der Waals surface area contributed by atoms with Crippen LogP contribution >= 0.6 is 0 Å². The molecular formula is C24H29N3O2. The molecular weight excluding hydrogens is 362 g/mol. The van der Waals surface area contributed by atoms with E-state index in [4.69, 9.17) is 0 Å². The van der Waals surface area contributed by atoms with Gasteiger partial charge in [0.05, 0.1) is 11.3 Å². The van der Waals surface area contributed by atoms with Crippen molar-refractivity contribution < 1.29 is 9.59 Å². The molecule has 29 heavy (non-hydrogen) atoms. The van der Waals surface area contributed by atoms with Crippen LogP contribution < -0.4 is 10.2 Å². The molecule has 2 amide bonds. The molecule has 1 atom stereocenters. The third-order valence-electron chi connectivity index (χ3n) is 6.02. The van der Waals surface area contributed by atoms with Gasteiger partial charge in [0.25, 0.3) is 11.8 Å². The van der Waals surface area contributed by atoms with Gasteiger partial charge < -0.3 is 15.1 Å². The number of nitrogens with zero attached hydrogens (tertiary/aromatic N) is 2. The Kier molecular flexibility index (Phi) is 5.84. The Hall–Kier alpha value is -2.82. The maximum absolute atomic E-state index is 13.1. The Morgan fingerprint density at radius 3 is 2.72 bits per heavy atom. The van der Waals surface area contributed by atoms with E-state index in [1.807, 2.05) is 35.2 Å². The van der Waals surface area contributed by atoms with E-state index in [0.717, 1.165) is 44.5 Å². The summed E-state index contributed by atoms with van der Waals surface area (Å²) in [5, 5.41) is 3.01. The molecule has 1 saturated heterocycles. The number of amides is 2. The largest absolute Gasteiger partial charge is 0.352 e. The van der Waals surface area contributed by atoms with Gasteiger partial charge in [0, 0.05) is 25.2 Å². The number of rotatable bonds is 5. The zero-order valence-corrected chi connectivity index (χ0v) is 17.1. The van der Waals surface area contributed by atoms with Gasteiger partial charge in [-0.05, 0) is 56.4 Å². The number of nitrogens with one attached hydrogen (secondary N) is 1. The molecule has 152 valence electrons. The summed E-state index contributed by atoms with van der Waals surface area (Å²) in [4.78, 5) is 30.1. The van der Waals surface area contributed by atoms with Crippen molar-refractivity contribution in [1.82, 2.24) is 10.2 Å². The van der Waals surface area contributed by atoms with Gasteiger partial charge in [0.2, 0.25) is 0 Å². The number of carbonyl (C=O) groups is 2.